The molecule has 4 amide bonds. The maximum atomic E-state index is 13.4. The molecule has 1 saturated heterocycles. The van der Waals surface area contributed by atoms with Gasteiger partial charge in [-0.25, -0.2) is 9.18 Å². The number of nitrogens with one attached hydrogen (secondary N) is 2. The highest BCUT2D eigenvalue weighted by Crippen LogP contribution is 2.31. The number of urea groups is 1. The molecule has 29 heavy (non-hydrogen) atoms. The van der Waals surface area contributed by atoms with E-state index in [1.54, 1.807) is 18.2 Å². The molecule has 0 saturated carbocycles. The van der Waals surface area contributed by atoms with E-state index in [1.807, 2.05) is 0 Å². The van der Waals surface area contributed by atoms with Crippen LogP contribution < -0.4 is 10.6 Å². The molecule has 1 atom stereocenters. The molecule has 8 nitrogen and oxygen atoms in total. The van der Waals surface area contributed by atoms with Gasteiger partial charge in [-0.15, -0.1) is 0 Å². The van der Waals surface area contributed by atoms with Crippen LogP contribution in [0.1, 0.15) is 27.0 Å². The first-order chi connectivity index (χ1) is 13.8. The van der Waals surface area contributed by atoms with Gasteiger partial charge in [-0.2, -0.15) is 0 Å². The number of nitrogens with zero attached hydrogens (tertiary/aromatic N) is 1. The highest BCUT2D eigenvalue weighted by atomic mass is 19.1. The molecular weight excluding hydrogens is 381 g/mol. The number of hydrogen-bond donors (Lipinski definition) is 3. The Bertz CT molecular complexity index is 1050. The quantitative estimate of drug-likeness (QED) is 0.655. The number of aliphatic carboxylic acids is 1. The summed E-state index contributed by atoms with van der Waals surface area (Å²) in [7, 11) is 0. The minimum absolute atomic E-state index is 0.155. The first kappa shape index (κ1) is 18.6. The highest BCUT2D eigenvalue weighted by Gasteiger charge is 2.50. The van der Waals surface area contributed by atoms with Gasteiger partial charge in [-0.3, -0.25) is 19.7 Å². The normalized spacial score (nSPS) is 20.4. The monoisotopic (exact) mass is 397 g/mol. The van der Waals surface area contributed by atoms with Gasteiger partial charge in [0, 0.05) is 12.1 Å². The molecule has 2 aromatic carbocycles. The molecule has 1 fully saturated rings. The lowest BCUT2D eigenvalue weighted by molar-refractivity contribution is -0.136. The third kappa shape index (κ3) is 3.20. The van der Waals surface area contributed by atoms with Gasteiger partial charge < -0.3 is 15.3 Å². The highest BCUT2D eigenvalue weighted by molar-refractivity contribution is 6.08. The second kappa shape index (κ2) is 6.69. The first-order valence-electron chi connectivity index (χ1n) is 8.81. The summed E-state index contributed by atoms with van der Waals surface area (Å²) in [6.07, 6.45) is -0.167. The Balaban J connectivity index is 1.66. The standard InChI is InChI=1S/C20H16FN3O5/c21-14-4-2-13(3-5-14)20(18(28)22-19(29)23-20)10-24-9-12-7-11(8-16(25)26)1-6-15(12)17(24)27/h1-7H,8-10H2,(H,25,26)(H2,22,23,28,29). The number of rotatable bonds is 5. The van der Waals surface area contributed by atoms with Crippen molar-refractivity contribution in [2.24, 2.45) is 0 Å². The smallest absolute Gasteiger partial charge is 0.322 e. The van der Waals surface area contributed by atoms with Gasteiger partial charge in [-0.1, -0.05) is 24.3 Å². The third-order valence-electron chi connectivity index (χ3n) is 5.11. The molecule has 2 aromatic rings. The Kier molecular flexibility index (Phi) is 4.30. The van der Waals surface area contributed by atoms with E-state index in [0.29, 0.717) is 22.3 Å². The van der Waals surface area contributed by atoms with Gasteiger partial charge >= 0.3 is 12.0 Å². The number of halogens is 1. The van der Waals surface area contributed by atoms with E-state index in [0.717, 1.165) is 0 Å². The van der Waals surface area contributed by atoms with Gasteiger partial charge in [0.1, 0.15) is 5.82 Å². The fourth-order valence-electron chi connectivity index (χ4n) is 3.76. The third-order valence-corrected chi connectivity index (χ3v) is 5.11. The lowest BCUT2D eigenvalue weighted by atomic mass is 9.89. The van der Waals surface area contributed by atoms with Crippen molar-refractivity contribution in [1.82, 2.24) is 15.5 Å². The van der Waals surface area contributed by atoms with E-state index in [1.165, 1.54) is 29.2 Å². The van der Waals surface area contributed by atoms with Crippen molar-refractivity contribution in [3.63, 3.8) is 0 Å². The molecule has 0 aromatic heterocycles. The van der Waals surface area contributed by atoms with Crippen molar-refractivity contribution >= 4 is 23.8 Å². The minimum atomic E-state index is -1.55. The summed E-state index contributed by atoms with van der Waals surface area (Å²) in [5.41, 5.74) is 0.418. The summed E-state index contributed by atoms with van der Waals surface area (Å²) in [6.45, 7) is 0.00566. The van der Waals surface area contributed by atoms with Crippen LogP contribution in [-0.4, -0.2) is 40.4 Å². The molecular formula is C20H16FN3O5. The van der Waals surface area contributed by atoms with E-state index >= 15 is 0 Å². The number of carboxylic acid groups (broad SMARTS) is 1. The Morgan fingerprint density at radius 3 is 2.48 bits per heavy atom. The molecule has 9 heteroatoms. The molecule has 0 radical (unpaired) electrons. The number of amides is 4. The molecule has 3 N–H and O–H groups in total. The van der Waals surface area contributed by atoms with Crippen LogP contribution in [0.25, 0.3) is 0 Å². The minimum Gasteiger partial charge on any atom is -0.481 e. The van der Waals surface area contributed by atoms with Crippen LogP contribution in [0.15, 0.2) is 42.5 Å². The van der Waals surface area contributed by atoms with E-state index in [9.17, 15) is 23.6 Å². The lowest BCUT2D eigenvalue weighted by Gasteiger charge is -2.31. The Morgan fingerprint density at radius 1 is 1.14 bits per heavy atom. The number of fused-ring (bicyclic) bond motifs is 1. The summed E-state index contributed by atoms with van der Waals surface area (Å²) >= 11 is 0. The molecule has 1 unspecified atom stereocenters. The van der Waals surface area contributed by atoms with Gasteiger partial charge in [-0.05, 0) is 34.9 Å². The number of carboxylic acids is 1. The van der Waals surface area contributed by atoms with Crippen LogP contribution in [0, 0.1) is 5.82 Å². The number of hydrogen-bond acceptors (Lipinski definition) is 4. The zero-order valence-corrected chi connectivity index (χ0v) is 15.1. The fraction of sp³-hybridized carbons (Fsp3) is 0.200. The van der Waals surface area contributed by atoms with Crippen LogP contribution in [-0.2, 0) is 28.1 Å². The van der Waals surface area contributed by atoms with Gasteiger partial charge in [0.2, 0.25) is 0 Å². The van der Waals surface area contributed by atoms with Crippen molar-refractivity contribution < 1.29 is 28.7 Å². The van der Waals surface area contributed by atoms with Gasteiger partial charge in [0.25, 0.3) is 11.8 Å². The van der Waals surface area contributed by atoms with Crippen molar-refractivity contribution in [3.05, 3.63) is 70.5 Å². The summed E-state index contributed by atoms with van der Waals surface area (Å²) < 4.78 is 13.4. The Morgan fingerprint density at radius 2 is 1.86 bits per heavy atom. The largest absolute Gasteiger partial charge is 0.481 e. The summed E-state index contributed by atoms with van der Waals surface area (Å²) in [5, 5.41) is 13.7. The SMILES string of the molecule is O=C(O)Cc1ccc2c(c1)CN(CC1(c3ccc(F)cc3)NC(=O)NC1=O)C2=O. The van der Waals surface area contributed by atoms with Crippen molar-refractivity contribution in [3.8, 4) is 0 Å². The number of imide groups is 1. The molecule has 2 heterocycles. The zero-order valence-electron chi connectivity index (χ0n) is 15.1. The topological polar surface area (TPSA) is 116 Å². The summed E-state index contributed by atoms with van der Waals surface area (Å²) in [6, 6.07) is 9.22. The molecule has 148 valence electrons. The molecule has 0 bridgehead atoms. The average Bonchev–Trinajstić information content (AvgIpc) is 3.11. The summed E-state index contributed by atoms with van der Waals surface area (Å²) in [4.78, 5) is 49.7. The lowest BCUT2D eigenvalue weighted by Crippen LogP contribution is -2.52. The van der Waals surface area contributed by atoms with Crippen LogP contribution in [0.3, 0.4) is 0 Å². The van der Waals surface area contributed by atoms with Crippen LogP contribution >= 0.6 is 0 Å². The second-order valence-electron chi connectivity index (χ2n) is 7.04. The van der Waals surface area contributed by atoms with Crippen LogP contribution in [0.4, 0.5) is 9.18 Å². The second-order valence-corrected chi connectivity index (χ2v) is 7.04. The molecule has 2 aliphatic rings. The van der Waals surface area contributed by atoms with Gasteiger partial charge in [0.05, 0.1) is 13.0 Å². The number of benzene rings is 2. The Hall–Kier alpha value is -3.75. The fourth-order valence-corrected chi connectivity index (χ4v) is 3.76. The summed E-state index contributed by atoms with van der Waals surface area (Å²) in [5.74, 6) is -2.45. The molecule has 2 aliphatic heterocycles. The van der Waals surface area contributed by atoms with E-state index in [-0.39, 0.29) is 25.4 Å². The van der Waals surface area contributed by atoms with Crippen LogP contribution in [0.5, 0.6) is 0 Å². The Labute approximate surface area is 164 Å². The molecule has 0 aliphatic carbocycles. The van der Waals surface area contributed by atoms with Gasteiger partial charge in [0.15, 0.2) is 5.54 Å². The van der Waals surface area contributed by atoms with Crippen molar-refractivity contribution in [1.29, 1.82) is 0 Å². The molecule has 0 spiro atoms. The first-order valence-corrected chi connectivity index (χ1v) is 8.81. The predicted molar refractivity (Wildman–Crippen MR) is 97.3 cm³/mol. The maximum absolute atomic E-state index is 13.4. The number of carbonyl (C=O) groups excluding carboxylic acids is 3. The van der Waals surface area contributed by atoms with Crippen molar-refractivity contribution in [2.75, 3.05) is 6.54 Å². The van der Waals surface area contributed by atoms with Crippen molar-refractivity contribution in [2.45, 2.75) is 18.5 Å². The zero-order chi connectivity index (χ0) is 20.8. The van der Waals surface area contributed by atoms with E-state index in [4.69, 9.17) is 5.11 Å². The molecule has 4 rings (SSSR count). The van der Waals surface area contributed by atoms with Crippen LogP contribution in [0.2, 0.25) is 0 Å². The maximum Gasteiger partial charge on any atom is 0.322 e. The van der Waals surface area contributed by atoms with E-state index in [2.05, 4.69) is 10.6 Å². The predicted octanol–water partition coefficient (Wildman–Crippen LogP) is 1.14. The number of carbonyl (C=O) groups is 4. The average molecular weight is 397 g/mol. The van der Waals surface area contributed by atoms with E-state index < -0.39 is 29.3 Å².